The molecular formula is C19H28NO+. The number of quaternary nitrogens is 1. The molecule has 0 bridgehead atoms. The van der Waals surface area contributed by atoms with Crippen LogP contribution in [0.1, 0.15) is 37.9 Å². The number of aliphatic hydroxyl groups is 1. The molecule has 0 amide bonds. The van der Waals surface area contributed by atoms with Crippen LogP contribution in [-0.2, 0) is 0 Å². The smallest absolute Gasteiger partial charge is 0.0843 e. The SMILES string of the molecule is CCCC[N+](C)(C)CCC(O)c1ccc2ccccc2c1. The van der Waals surface area contributed by atoms with E-state index in [1.807, 2.05) is 12.1 Å². The van der Waals surface area contributed by atoms with E-state index < -0.39 is 0 Å². The van der Waals surface area contributed by atoms with Gasteiger partial charge in [0, 0.05) is 6.42 Å². The van der Waals surface area contributed by atoms with E-state index >= 15 is 0 Å². The molecule has 0 saturated carbocycles. The molecular weight excluding hydrogens is 258 g/mol. The first kappa shape index (κ1) is 16.0. The Hall–Kier alpha value is -1.38. The van der Waals surface area contributed by atoms with Crippen LogP contribution in [0, 0.1) is 0 Å². The summed E-state index contributed by atoms with van der Waals surface area (Å²) in [6, 6.07) is 14.6. The van der Waals surface area contributed by atoms with Crippen LogP contribution in [-0.4, -0.2) is 36.8 Å². The molecule has 2 heteroatoms. The number of aliphatic hydroxyl groups excluding tert-OH is 1. The van der Waals surface area contributed by atoms with Crippen LogP contribution >= 0.6 is 0 Å². The van der Waals surface area contributed by atoms with Crippen LogP contribution < -0.4 is 0 Å². The maximum Gasteiger partial charge on any atom is 0.0843 e. The van der Waals surface area contributed by atoms with Crippen LogP contribution in [0.4, 0.5) is 0 Å². The van der Waals surface area contributed by atoms with Gasteiger partial charge in [0.05, 0.1) is 33.3 Å². The Bertz CT molecular complexity index is 577. The molecule has 1 atom stereocenters. The van der Waals surface area contributed by atoms with Crippen molar-refractivity contribution in [2.45, 2.75) is 32.3 Å². The van der Waals surface area contributed by atoms with Gasteiger partial charge in [-0.3, -0.25) is 0 Å². The van der Waals surface area contributed by atoms with E-state index in [2.05, 4.69) is 51.4 Å². The largest absolute Gasteiger partial charge is 0.388 e. The highest BCUT2D eigenvalue weighted by atomic mass is 16.3. The summed E-state index contributed by atoms with van der Waals surface area (Å²) in [5.74, 6) is 0. The van der Waals surface area contributed by atoms with Gasteiger partial charge in [-0.15, -0.1) is 0 Å². The third-order valence-electron chi connectivity index (χ3n) is 4.28. The molecule has 0 saturated heterocycles. The Kier molecular flexibility index (Phi) is 5.38. The molecule has 1 unspecified atom stereocenters. The minimum atomic E-state index is -0.367. The van der Waals surface area contributed by atoms with E-state index in [4.69, 9.17) is 0 Å². The van der Waals surface area contributed by atoms with Gasteiger partial charge in [-0.1, -0.05) is 49.7 Å². The summed E-state index contributed by atoms with van der Waals surface area (Å²) in [6.45, 7) is 4.42. The number of unbranched alkanes of at least 4 members (excludes halogenated alkanes) is 1. The van der Waals surface area contributed by atoms with Gasteiger partial charge in [0.1, 0.15) is 0 Å². The average molecular weight is 286 g/mol. The molecule has 0 aromatic heterocycles. The van der Waals surface area contributed by atoms with Crippen molar-refractivity contribution in [3.05, 3.63) is 48.0 Å². The fourth-order valence-electron chi connectivity index (χ4n) is 2.75. The monoisotopic (exact) mass is 286 g/mol. The van der Waals surface area contributed by atoms with Gasteiger partial charge >= 0.3 is 0 Å². The van der Waals surface area contributed by atoms with Crippen LogP contribution in [0.25, 0.3) is 10.8 Å². The van der Waals surface area contributed by atoms with Crippen molar-refractivity contribution in [1.29, 1.82) is 0 Å². The molecule has 0 aliphatic carbocycles. The highest BCUT2D eigenvalue weighted by Crippen LogP contribution is 2.23. The maximum atomic E-state index is 10.5. The van der Waals surface area contributed by atoms with Crippen LogP contribution in [0.3, 0.4) is 0 Å². The lowest BCUT2D eigenvalue weighted by molar-refractivity contribution is -0.891. The van der Waals surface area contributed by atoms with Gasteiger partial charge in [-0.25, -0.2) is 0 Å². The lowest BCUT2D eigenvalue weighted by Crippen LogP contribution is -2.41. The Morgan fingerprint density at radius 1 is 1.00 bits per heavy atom. The first-order valence-corrected chi connectivity index (χ1v) is 8.00. The quantitative estimate of drug-likeness (QED) is 0.758. The fourth-order valence-corrected chi connectivity index (χ4v) is 2.75. The van der Waals surface area contributed by atoms with Crippen molar-refractivity contribution >= 4 is 10.8 Å². The Morgan fingerprint density at radius 2 is 1.71 bits per heavy atom. The molecule has 2 nitrogen and oxygen atoms in total. The zero-order chi connectivity index (χ0) is 15.3. The molecule has 2 rings (SSSR count). The zero-order valence-corrected chi connectivity index (χ0v) is 13.5. The van der Waals surface area contributed by atoms with Crippen molar-refractivity contribution < 1.29 is 9.59 Å². The summed E-state index contributed by atoms with van der Waals surface area (Å²) in [5.41, 5.74) is 1.03. The summed E-state index contributed by atoms with van der Waals surface area (Å²) in [6.07, 6.45) is 2.93. The second-order valence-electron chi connectivity index (χ2n) is 6.65. The minimum absolute atomic E-state index is 0.367. The maximum absolute atomic E-state index is 10.5. The molecule has 0 heterocycles. The third kappa shape index (κ3) is 4.55. The molecule has 2 aromatic carbocycles. The predicted octanol–water partition coefficient (Wildman–Crippen LogP) is 4.14. The predicted molar refractivity (Wildman–Crippen MR) is 90.3 cm³/mol. The molecule has 0 radical (unpaired) electrons. The number of hydrogen-bond donors (Lipinski definition) is 1. The van der Waals surface area contributed by atoms with Crippen LogP contribution in [0.15, 0.2) is 42.5 Å². The number of nitrogens with zero attached hydrogens (tertiary/aromatic N) is 1. The summed E-state index contributed by atoms with van der Waals surface area (Å²) < 4.78 is 0.985. The average Bonchev–Trinajstić information content (AvgIpc) is 2.50. The van der Waals surface area contributed by atoms with Crippen LogP contribution in [0.5, 0.6) is 0 Å². The van der Waals surface area contributed by atoms with E-state index in [-0.39, 0.29) is 6.10 Å². The van der Waals surface area contributed by atoms with Gasteiger partial charge < -0.3 is 9.59 Å². The number of hydrogen-bond acceptors (Lipinski definition) is 1. The van der Waals surface area contributed by atoms with Crippen LogP contribution in [0.2, 0.25) is 0 Å². The van der Waals surface area contributed by atoms with Gasteiger partial charge in [0.2, 0.25) is 0 Å². The van der Waals surface area contributed by atoms with Gasteiger partial charge in [0.15, 0.2) is 0 Å². The van der Waals surface area contributed by atoms with Crippen molar-refractivity contribution in [2.24, 2.45) is 0 Å². The van der Waals surface area contributed by atoms with E-state index in [1.54, 1.807) is 0 Å². The lowest BCUT2D eigenvalue weighted by Gasteiger charge is -2.30. The van der Waals surface area contributed by atoms with E-state index in [9.17, 15) is 5.11 Å². The summed E-state index contributed by atoms with van der Waals surface area (Å²) in [5, 5.41) is 12.9. The summed E-state index contributed by atoms with van der Waals surface area (Å²) >= 11 is 0. The normalized spacial score (nSPS) is 13.5. The van der Waals surface area contributed by atoms with E-state index in [0.29, 0.717) is 0 Å². The highest BCUT2D eigenvalue weighted by molar-refractivity contribution is 5.83. The molecule has 0 aliphatic rings. The third-order valence-corrected chi connectivity index (χ3v) is 4.28. The fraction of sp³-hybridized carbons (Fsp3) is 0.474. The number of rotatable bonds is 7. The molecule has 21 heavy (non-hydrogen) atoms. The first-order chi connectivity index (χ1) is 10.0. The molecule has 0 fully saturated rings. The Morgan fingerprint density at radius 3 is 2.43 bits per heavy atom. The van der Waals surface area contributed by atoms with E-state index in [1.165, 1.54) is 30.2 Å². The lowest BCUT2D eigenvalue weighted by atomic mass is 10.0. The van der Waals surface area contributed by atoms with Crippen molar-refractivity contribution in [3.8, 4) is 0 Å². The Balaban J connectivity index is 2.00. The number of benzene rings is 2. The van der Waals surface area contributed by atoms with Crippen molar-refractivity contribution in [3.63, 3.8) is 0 Å². The molecule has 114 valence electrons. The number of fused-ring (bicyclic) bond motifs is 1. The van der Waals surface area contributed by atoms with Gasteiger partial charge in [-0.2, -0.15) is 0 Å². The topological polar surface area (TPSA) is 20.2 Å². The van der Waals surface area contributed by atoms with Crippen molar-refractivity contribution in [1.82, 2.24) is 0 Å². The Labute approximate surface area is 128 Å². The van der Waals surface area contributed by atoms with Gasteiger partial charge in [-0.05, 0) is 28.8 Å². The zero-order valence-electron chi connectivity index (χ0n) is 13.5. The standard InChI is InChI=1S/C19H28NO/c1-4-5-13-20(2,3)14-12-19(21)18-11-10-16-8-6-7-9-17(16)15-18/h6-11,15,19,21H,4-5,12-14H2,1-3H3/q+1. The summed E-state index contributed by atoms with van der Waals surface area (Å²) in [7, 11) is 4.51. The second kappa shape index (κ2) is 7.06. The van der Waals surface area contributed by atoms with Crippen molar-refractivity contribution in [2.75, 3.05) is 27.2 Å². The molecule has 0 aliphatic heterocycles. The van der Waals surface area contributed by atoms with Gasteiger partial charge in [0.25, 0.3) is 0 Å². The molecule has 1 N–H and O–H groups in total. The molecule has 0 spiro atoms. The summed E-state index contributed by atoms with van der Waals surface area (Å²) in [4.78, 5) is 0. The second-order valence-corrected chi connectivity index (χ2v) is 6.65. The molecule has 2 aromatic rings. The van der Waals surface area contributed by atoms with E-state index in [0.717, 1.165) is 23.0 Å². The first-order valence-electron chi connectivity index (χ1n) is 8.00. The highest BCUT2D eigenvalue weighted by Gasteiger charge is 2.17. The minimum Gasteiger partial charge on any atom is -0.388 e.